The third kappa shape index (κ3) is 5.08. The smallest absolute Gasteiger partial charge is 0.317 e. The Hall–Kier alpha value is -1.77. The first kappa shape index (κ1) is 16.3. The number of likely N-dealkylation sites (tertiary alicyclic amines) is 1. The first-order valence-electron chi connectivity index (χ1n) is 6.98. The minimum atomic E-state index is -0.836. The van der Waals surface area contributed by atoms with Gasteiger partial charge >= 0.3 is 12.0 Å². The van der Waals surface area contributed by atoms with Crippen LogP contribution in [0.15, 0.2) is 0 Å². The molecule has 20 heavy (non-hydrogen) atoms. The molecule has 1 atom stereocenters. The van der Waals surface area contributed by atoms with E-state index in [2.05, 4.69) is 11.4 Å². The average molecular weight is 281 g/mol. The number of urea groups is 1. The average Bonchev–Trinajstić information content (AvgIpc) is 2.43. The second-order valence-corrected chi connectivity index (χ2v) is 6.10. The number of hydrogen-bond acceptors (Lipinski definition) is 3. The second-order valence-electron chi connectivity index (χ2n) is 6.10. The summed E-state index contributed by atoms with van der Waals surface area (Å²) in [5.74, 6) is -1.29. The zero-order valence-electron chi connectivity index (χ0n) is 12.2. The fourth-order valence-corrected chi connectivity index (χ4v) is 2.27. The van der Waals surface area contributed by atoms with Gasteiger partial charge in [0.1, 0.15) is 0 Å². The molecule has 1 aliphatic rings. The van der Waals surface area contributed by atoms with Crippen LogP contribution in [0, 0.1) is 22.7 Å². The minimum absolute atomic E-state index is 0.132. The lowest BCUT2D eigenvalue weighted by molar-refractivity contribution is -0.143. The Morgan fingerprint density at radius 1 is 1.50 bits per heavy atom. The van der Waals surface area contributed by atoms with Crippen molar-refractivity contribution in [2.45, 2.75) is 39.5 Å². The molecule has 0 radical (unpaired) electrons. The van der Waals surface area contributed by atoms with Gasteiger partial charge < -0.3 is 15.3 Å². The number of nitrogens with one attached hydrogen (secondary N) is 1. The van der Waals surface area contributed by atoms with Gasteiger partial charge in [0, 0.05) is 26.1 Å². The van der Waals surface area contributed by atoms with E-state index in [1.54, 1.807) is 4.90 Å². The molecule has 0 spiro atoms. The first-order valence-corrected chi connectivity index (χ1v) is 6.98. The van der Waals surface area contributed by atoms with Crippen LogP contribution in [0.2, 0.25) is 0 Å². The van der Waals surface area contributed by atoms with E-state index in [1.165, 1.54) is 0 Å². The third-order valence-electron chi connectivity index (χ3n) is 3.69. The standard InChI is InChI=1S/C14H23N3O3/c1-14(2,6-4-7-15)10-16-13(20)17-8-3-5-11(9-17)12(18)19/h11H,3-6,8-10H2,1-2H3,(H,16,20)(H,18,19). The maximum Gasteiger partial charge on any atom is 0.317 e. The van der Waals surface area contributed by atoms with Crippen LogP contribution in [0.3, 0.4) is 0 Å². The van der Waals surface area contributed by atoms with Crippen LogP contribution in [0.25, 0.3) is 0 Å². The molecule has 1 unspecified atom stereocenters. The Morgan fingerprint density at radius 3 is 2.80 bits per heavy atom. The van der Waals surface area contributed by atoms with Crippen LogP contribution in [-0.2, 0) is 4.79 Å². The van der Waals surface area contributed by atoms with Crippen LogP contribution in [-0.4, -0.2) is 41.6 Å². The van der Waals surface area contributed by atoms with Gasteiger partial charge in [-0.2, -0.15) is 5.26 Å². The second kappa shape index (κ2) is 7.13. The lowest BCUT2D eigenvalue weighted by Gasteiger charge is -2.32. The first-order chi connectivity index (χ1) is 9.35. The van der Waals surface area contributed by atoms with E-state index in [0.717, 1.165) is 12.8 Å². The van der Waals surface area contributed by atoms with Crippen molar-refractivity contribution in [3.05, 3.63) is 0 Å². The molecule has 1 saturated heterocycles. The molecule has 0 aromatic carbocycles. The molecule has 6 nitrogen and oxygen atoms in total. The van der Waals surface area contributed by atoms with E-state index in [1.807, 2.05) is 13.8 Å². The van der Waals surface area contributed by atoms with Crippen molar-refractivity contribution in [3.63, 3.8) is 0 Å². The summed E-state index contributed by atoms with van der Waals surface area (Å²) in [6.45, 7) is 5.37. The van der Waals surface area contributed by atoms with Crippen molar-refractivity contribution in [2.24, 2.45) is 11.3 Å². The summed E-state index contributed by atoms with van der Waals surface area (Å²) in [6, 6.07) is 1.90. The molecule has 1 heterocycles. The van der Waals surface area contributed by atoms with Crippen LogP contribution in [0.5, 0.6) is 0 Å². The van der Waals surface area contributed by atoms with E-state index in [0.29, 0.717) is 25.9 Å². The number of carbonyl (C=O) groups is 2. The normalized spacial score (nSPS) is 19.2. The zero-order valence-corrected chi connectivity index (χ0v) is 12.2. The molecule has 0 aromatic rings. The SMILES string of the molecule is CC(C)(CCC#N)CNC(=O)N1CCCC(C(=O)O)C1. The van der Waals surface area contributed by atoms with Gasteiger partial charge in [0.05, 0.1) is 12.0 Å². The van der Waals surface area contributed by atoms with Crippen molar-refractivity contribution in [1.82, 2.24) is 10.2 Å². The summed E-state index contributed by atoms with van der Waals surface area (Å²) < 4.78 is 0. The predicted molar refractivity (Wildman–Crippen MR) is 74.0 cm³/mol. The Kier molecular flexibility index (Phi) is 5.81. The maximum absolute atomic E-state index is 12.0. The van der Waals surface area contributed by atoms with Crippen molar-refractivity contribution in [1.29, 1.82) is 5.26 Å². The number of nitriles is 1. The summed E-state index contributed by atoms with van der Waals surface area (Å²) >= 11 is 0. The van der Waals surface area contributed by atoms with Gasteiger partial charge in [-0.3, -0.25) is 4.79 Å². The number of rotatable bonds is 5. The van der Waals surface area contributed by atoms with Gasteiger partial charge in [0.15, 0.2) is 0 Å². The highest BCUT2D eigenvalue weighted by atomic mass is 16.4. The molecule has 2 amide bonds. The number of carbonyl (C=O) groups excluding carboxylic acids is 1. The number of carboxylic acids is 1. The highest BCUT2D eigenvalue weighted by Crippen LogP contribution is 2.21. The minimum Gasteiger partial charge on any atom is -0.481 e. The zero-order chi connectivity index (χ0) is 15.2. The van der Waals surface area contributed by atoms with Gasteiger partial charge in [-0.15, -0.1) is 0 Å². The summed E-state index contributed by atoms with van der Waals surface area (Å²) in [6.07, 6.45) is 2.55. The topological polar surface area (TPSA) is 93.4 Å². The van der Waals surface area contributed by atoms with E-state index < -0.39 is 11.9 Å². The van der Waals surface area contributed by atoms with Crippen molar-refractivity contribution in [2.75, 3.05) is 19.6 Å². The van der Waals surface area contributed by atoms with E-state index >= 15 is 0 Å². The Labute approximate surface area is 119 Å². The van der Waals surface area contributed by atoms with E-state index in [4.69, 9.17) is 10.4 Å². The maximum atomic E-state index is 12.0. The van der Waals surface area contributed by atoms with E-state index in [9.17, 15) is 9.59 Å². The number of amides is 2. The van der Waals surface area contributed by atoms with Crippen LogP contribution < -0.4 is 5.32 Å². The van der Waals surface area contributed by atoms with Gasteiger partial charge in [-0.25, -0.2) is 4.79 Å². The lowest BCUT2D eigenvalue weighted by Crippen LogP contribution is -2.48. The molecule has 0 aromatic heterocycles. The summed E-state index contributed by atoms with van der Waals surface area (Å²) in [7, 11) is 0. The molecular formula is C14H23N3O3. The van der Waals surface area contributed by atoms with Gasteiger partial charge in [0.2, 0.25) is 0 Å². The third-order valence-corrected chi connectivity index (χ3v) is 3.69. The number of carboxylic acid groups (broad SMARTS) is 1. The molecule has 6 heteroatoms. The van der Waals surface area contributed by atoms with Crippen LogP contribution >= 0.6 is 0 Å². The van der Waals surface area contributed by atoms with Crippen molar-refractivity contribution >= 4 is 12.0 Å². The number of nitrogens with zero attached hydrogens (tertiary/aromatic N) is 2. The lowest BCUT2D eigenvalue weighted by atomic mass is 9.88. The van der Waals surface area contributed by atoms with Crippen LogP contribution in [0.4, 0.5) is 4.79 Å². The quantitative estimate of drug-likeness (QED) is 0.803. The summed E-state index contributed by atoms with van der Waals surface area (Å²) in [5, 5.41) is 20.4. The highest BCUT2D eigenvalue weighted by Gasteiger charge is 2.28. The largest absolute Gasteiger partial charge is 0.481 e. The molecule has 0 saturated carbocycles. The van der Waals surface area contributed by atoms with Crippen molar-refractivity contribution < 1.29 is 14.7 Å². The number of hydrogen-bond donors (Lipinski definition) is 2. The fraction of sp³-hybridized carbons (Fsp3) is 0.786. The van der Waals surface area contributed by atoms with Gasteiger partial charge in [-0.05, 0) is 24.7 Å². The molecule has 1 aliphatic heterocycles. The summed E-state index contributed by atoms with van der Waals surface area (Å²) in [5.41, 5.74) is -0.132. The highest BCUT2D eigenvalue weighted by molar-refractivity contribution is 5.76. The fourth-order valence-electron chi connectivity index (χ4n) is 2.27. The molecule has 0 bridgehead atoms. The molecule has 2 N–H and O–H groups in total. The van der Waals surface area contributed by atoms with E-state index in [-0.39, 0.29) is 18.0 Å². The molecule has 1 fully saturated rings. The molecule has 1 rings (SSSR count). The molecular weight excluding hydrogens is 258 g/mol. The Balaban J connectivity index is 2.42. The van der Waals surface area contributed by atoms with Crippen molar-refractivity contribution in [3.8, 4) is 6.07 Å². The van der Waals surface area contributed by atoms with Gasteiger partial charge in [0.25, 0.3) is 0 Å². The van der Waals surface area contributed by atoms with Gasteiger partial charge in [-0.1, -0.05) is 13.8 Å². The molecule has 0 aliphatic carbocycles. The number of aliphatic carboxylic acids is 1. The number of piperidine rings is 1. The Bertz CT molecular complexity index is 401. The Morgan fingerprint density at radius 2 is 2.20 bits per heavy atom. The summed E-state index contributed by atoms with van der Waals surface area (Å²) in [4.78, 5) is 24.6. The predicted octanol–water partition coefficient (Wildman–Crippen LogP) is 1.82. The molecule has 112 valence electrons. The monoisotopic (exact) mass is 281 g/mol. The van der Waals surface area contributed by atoms with Crippen LogP contribution in [0.1, 0.15) is 39.5 Å².